The molecule has 0 saturated carbocycles. The van der Waals surface area contributed by atoms with Gasteiger partial charge in [-0.05, 0) is 39.7 Å². The molecule has 15 heavy (non-hydrogen) atoms. The fourth-order valence-corrected chi connectivity index (χ4v) is 2.70. The number of halogens is 1. The molecule has 1 amide bonds. The number of amides is 1. The molecule has 0 aromatic carbocycles. The first-order valence-corrected chi connectivity index (χ1v) is 6.27. The largest absolute Gasteiger partial charge is 0.294 e. The van der Waals surface area contributed by atoms with Crippen LogP contribution in [0.15, 0.2) is 9.85 Å². The fourth-order valence-electron chi connectivity index (χ4n) is 0.912. The summed E-state index contributed by atoms with van der Waals surface area (Å²) >= 11 is 5.79. The standard InChI is InChI=1S/C7H5BrN4OS2/c1-3-2-4(14-5(3)8)6(13)9-7-10-11-12-15-7/h2H,1H3,(H,9,10,12,13). The van der Waals surface area contributed by atoms with Crippen LogP contribution in [0.25, 0.3) is 0 Å². The number of aryl methyl sites for hydroxylation is 1. The molecule has 0 saturated heterocycles. The second kappa shape index (κ2) is 4.33. The van der Waals surface area contributed by atoms with Gasteiger partial charge >= 0.3 is 0 Å². The number of nitrogens with one attached hydrogen (secondary N) is 1. The number of hydrogen-bond acceptors (Lipinski definition) is 6. The maximum Gasteiger partial charge on any atom is 0.267 e. The third-order valence-electron chi connectivity index (χ3n) is 1.60. The van der Waals surface area contributed by atoms with Gasteiger partial charge in [-0.2, -0.15) is 0 Å². The highest BCUT2D eigenvalue weighted by atomic mass is 79.9. The number of anilines is 1. The van der Waals surface area contributed by atoms with E-state index in [2.05, 4.69) is 36.0 Å². The van der Waals surface area contributed by atoms with Crippen molar-refractivity contribution in [2.75, 3.05) is 5.32 Å². The highest BCUT2D eigenvalue weighted by molar-refractivity contribution is 9.11. The lowest BCUT2D eigenvalue weighted by Gasteiger charge is -1.95. The quantitative estimate of drug-likeness (QED) is 0.924. The van der Waals surface area contributed by atoms with Gasteiger partial charge in [0.15, 0.2) is 0 Å². The number of nitrogens with zero attached hydrogens (tertiary/aromatic N) is 3. The molecule has 0 aliphatic heterocycles. The summed E-state index contributed by atoms with van der Waals surface area (Å²) in [6, 6.07) is 1.82. The van der Waals surface area contributed by atoms with E-state index < -0.39 is 0 Å². The topological polar surface area (TPSA) is 67.8 Å². The minimum atomic E-state index is -0.188. The van der Waals surface area contributed by atoms with E-state index in [0.29, 0.717) is 10.0 Å². The lowest BCUT2D eigenvalue weighted by atomic mass is 10.3. The lowest BCUT2D eigenvalue weighted by Crippen LogP contribution is -2.09. The molecule has 0 spiro atoms. The predicted octanol–water partition coefficient (Wildman–Crippen LogP) is 2.32. The first-order valence-electron chi connectivity index (χ1n) is 3.89. The molecule has 2 aromatic heterocycles. The van der Waals surface area contributed by atoms with Crippen molar-refractivity contribution in [3.05, 3.63) is 20.3 Å². The molecule has 0 atom stereocenters. The van der Waals surface area contributed by atoms with E-state index in [1.807, 2.05) is 13.0 Å². The van der Waals surface area contributed by atoms with E-state index in [1.54, 1.807) is 0 Å². The van der Waals surface area contributed by atoms with Crippen LogP contribution >= 0.6 is 38.8 Å². The average molecular weight is 305 g/mol. The summed E-state index contributed by atoms with van der Waals surface area (Å²) < 4.78 is 4.51. The molecule has 2 heterocycles. The van der Waals surface area contributed by atoms with Crippen LogP contribution in [0.3, 0.4) is 0 Å². The molecule has 2 rings (SSSR count). The summed E-state index contributed by atoms with van der Waals surface area (Å²) in [5.74, 6) is -0.188. The van der Waals surface area contributed by atoms with Crippen LogP contribution in [0.4, 0.5) is 5.13 Å². The minimum absolute atomic E-state index is 0.188. The molecule has 0 unspecified atom stereocenters. The molecule has 0 fully saturated rings. The van der Waals surface area contributed by atoms with Crippen molar-refractivity contribution in [3.63, 3.8) is 0 Å². The van der Waals surface area contributed by atoms with E-state index >= 15 is 0 Å². The molecule has 0 aliphatic carbocycles. The zero-order chi connectivity index (χ0) is 10.8. The summed E-state index contributed by atoms with van der Waals surface area (Å²) in [5, 5.41) is 10.0. The first kappa shape index (κ1) is 10.7. The SMILES string of the molecule is Cc1cc(C(=O)Nc2nnns2)sc1Br. The van der Waals surface area contributed by atoms with Gasteiger partial charge in [-0.3, -0.25) is 10.1 Å². The predicted molar refractivity (Wildman–Crippen MR) is 62.4 cm³/mol. The Morgan fingerprint density at radius 2 is 2.40 bits per heavy atom. The van der Waals surface area contributed by atoms with Crippen molar-refractivity contribution < 1.29 is 4.79 Å². The van der Waals surface area contributed by atoms with Gasteiger partial charge in [0.05, 0.1) is 8.66 Å². The molecule has 5 nitrogen and oxygen atoms in total. The number of aromatic nitrogens is 3. The van der Waals surface area contributed by atoms with Gasteiger partial charge in [0, 0.05) is 11.5 Å². The molecule has 2 aromatic rings. The van der Waals surface area contributed by atoms with Gasteiger partial charge in [-0.25, -0.2) is 0 Å². The molecular weight excluding hydrogens is 300 g/mol. The Bertz CT molecular complexity index is 462. The molecule has 0 bridgehead atoms. The fraction of sp³-hybridized carbons (Fsp3) is 0.143. The van der Waals surface area contributed by atoms with E-state index in [-0.39, 0.29) is 5.91 Å². The maximum atomic E-state index is 11.7. The Hall–Kier alpha value is -0.860. The van der Waals surface area contributed by atoms with Crippen LogP contribution in [0.2, 0.25) is 0 Å². The number of carbonyl (C=O) groups is 1. The van der Waals surface area contributed by atoms with Crippen LogP contribution in [0, 0.1) is 6.92 Å². The first-order chi connectivity index (χ1) is 7.16. The monoisotopic (exact) mass is 304 g/mol. The summed E-state index contributed by atoms with van der Waals surface area (Å²) in [7, 11) is 0. The zero-order valence-corrected chi connectivity index (χ0v) is 10.7. The maximum absolute atomic E-state index is 11.7. The highest BCUT2D eigenvalue weighted by Crippen LogP contribution is 2.27. The highest BCUT2D eigenvalue weighted by Gasteiger charge is 2.12. The van der Waals surface area contributed by atoms with Gasteiger partial charge in [-0.15, -0.1) is 11.3 Å². The number of rotatable bonds is 2. The summed E-state index contributed by atoms with van der Waals surface area (Å²) in [6.07, 6.45) is 0. The van der Waals surface area contributed by atoms with Crippen molar-refractivity contribution >= 4 is 49.8 Å². The van der Waals surface area contributed by atoms with E-state index in [1.165, 1.54) is 11.3 Å². The molecule has 1 N–H and O–H groups in total. The Labute approximate surface area is 102 Å². The van der Waals surface area contributed by atoms with Crippen LogP contribution in [0.5, 0.6) is 0 Å². The van der Waals surface area contributed by atoms with Crippen molar-refractivity contribution in [1.82, 2.24) is 14.8 Å². The molecular formula is C7H5BrN4OS2. The molecule has 0 radical (unpaired) electrons. The van der Waals surface area contributed by atoms with Crippen LogP contribution < -0.4 is 5.32 Å². The second-order valence-corrected chi connectivity index (χ2v) is 5.79. The van der Waals surface area contributed by atoms with Gasteiger partial charge in [-0.1, -0.05) is 9.59 Å². The van der Waals surface area contributed by atoms with E-state index in [0.717, 1.165) is 20.9 Å². The van der Waals surface area contributed by atoms with Crippen molar-refractivity contribution in [2.24, 2.45) is 0 Å². The third kappa shape index (κ3) is 2.39. The van der Waals surface area contributed by atoms with Crippen molar-refractivity contribution in [1.29, 1.82) is 0 Å². The van der Waals surface area contributed by atoms with E-state index in [9.17, 15) is 4.79 Å². The molecule has 78 valence electrons. The smallest absolute Gasteiger partial charge is 0.267 e. The second-order valence-electron chi connectivity index (χ2n) is 2.69. The molecule has 0 aliphatic rings. The van der Waals surface area contributed by atoms with Crippen LogP contribution in [-0.2, 0) is 0 Å². The molecule has 8 heteroatoms. The Morgan fingerprint density at radius 3 is 2.93 bits per heavy atom. The third-order valence-corrected chi connectivity index (χ3v) is 4.25. The van der Waals surface area contributed by atoms with Gasteiger partial charge in [0.25, 0.3) is 5.91 Å². The summed E-state index contributed by atoms with van der Waals surface area (Å²) in [4.78, 5) is 12.3. The van der Waals surface area contributed by atoms with Gasteiger partial charge < -0.3 is 0 Å². The average Bonchev–Trinajstić information content (AvgIpc) is 2.78. The Morgan fingerprint density at radius 1 is 1.60 bits per heavy atom. The van der Waals surface area contributed by atoms with Crippen molar-refractivity contribution in [2.45, 2.75) is 6.92 Å². The minimum Gasteiger partial charge on any atom is -0.294 e. The zero-order valence-electron chi connectivity index (χ0n) is 7.52. The summed E-state index contributed by atoms with van der Waals surface area (Å²) in [5.41, 5.74) is 1.04. The van der Waals surface area contributed by atoms with Gasteiger partial charge in [0.1, 0.15) is 0 Å². The van der Waals surface area contributed by atoms with Crippen molar-refractivity contribution in [3.8, 4) is 0 Å². The summed E-state index contributed by atoms with van der Waals surface area (Å²) in [6.45, 7) is 1.93. The number of carbonyl (C=O) groups excluding carboxylic acids is 1. The Balaban J connectivity index is 2.15. The van der Waals surface area contributed by atoms with E-state index in [4.69, 9.17) is 0 Å². The lowest BCUT2D eigenvalue weighted by molar-refractivity contribution is 0.103. The Kier molecular flexibility index (Phi) is 3.08. The normalized spacial score (nSPS) is 10.3. The van der Waals surface area contributed by atoms with Crippen LogP contribution in [-0.4, -0.2) is 20.7 Å². The van der Waals surface area contributed by atoms with Crippen LogP contribution in [0.1, 0.15) is 15.2 Å². The van der Waals surface area contributed by atoms with Gasteiger partial charge in [0.2, 0.25) is 5.13 Å². The number of hydrogen-bond donors (Lipinski definition) is 1. The number of thiophene rings is 1.